The Bertz CT molecular complexity index is 411. The van der Waals surface area contributed by atoms with Crippen molar-refractivity contribution < 1.29 is 9.53 Å². The summed E-state index contributed by atoms with van der Waals surface area (Å²) in [6, 6.07) is 1.96. The predicted molar refractivity (Wildman–Crippen MR) is 77.3 cm³/mol. The largest absolute Gasteiger partial charge is 0.377 e. The fourth-order valence-corrected chi connectivity index (χ4v) is 3.72. The maximum absolute atomic E-state index is 12.4. The topological polar surface area (TPSA) is 29.5 Å². The molecule has 2 rings (SSSR count). The van der Waals surface area contributed by atoms with Gasteiger partial charge in [0.2, 0.25) is 0 Å². The summed E-state index contributed by atoms with van der Waals surface area (Å²) < 4.78 is 6.67. The molecule has 1 saturated heterocycles. The highest BCUT2D eigenvalue weighted by atomic mass is 79.9. The molecule has 1 amide bonds. The van der Waals surface area contributed by atoms with Gasteiger partial charge in [0, 0.05) is 19.7 Å². The number of hydrogen-bond acceptors (Lipinski definition) is 3. The van der Waals surface area contributed by atoms with Crippen molar-refractivity contribution in [3.8, 4) is 0 Å². The van der Waals surface area contributed by atoms with Gasteiger partial charge in [-0.3, -0.25) is 4.79 Å². The number of thiophene rings is 1. The van der Waals surface area contributed by atoms with Crippen LogP contribution in [0.3, 0.4) is 0 Å². The van der Waals surface area contributed by atoms with Gasteiger partial charge in [-0.1, -0.05) is 0 Å². The number of hydrogen-bond donors (Lipinski definition) is 0. The lowest BCUT2D eigenvalue weighted by Gasteiger charge is -2.32. The number of carbonyl (C=O) groups is 1. The van der Waals surface area contributed by atoms with Gasteiger partial charge in [-0.2, -0.15) is 0 Å². The summed E-state index contributed by atoms with van der Waals surface area (Å²) >= 11 is 4.98. The van der Waals surface area contributed by atoms with Gasteiger partial charge in [0.05, 0.1) is 14.8 Å². The van der Waals surface area contributed by atoms with Gasteiger partial charge in [0.25, 0.3) is 5.91 Å². The Morgan fingerprint density at radius 3 is 3.06 bits per heavy atom. The molecule has 0 spiro atoms. The molecule has 1 fully saturated rings. The van der Waals surface area contributed by atoms with Crippen molar-refractivity contribution in [2.75, 3.05) is 19.7 Å². The molecule has 1 unspecified atom stereocenters. The first-order valence-corrected chi connectivity index (χ1v) is 7.89. The molecule has 1 atom stereocenters. The number of likely N-dealkylation sites (tertiary alicyclic amines) is 1. The maximum atomic E-state index is 12.4. The molecule has 0 saturated carbocycles. The van der Waals surface area contributed by atoms with Crippen LogP contribution < -0.4 is 0 Å². The molecule has 3 nitrogen and oxygen atoms in total. The van der Waals surface area contributed by atoms with Crippen molar-refractivity contribution in [2.45, 2.75) is 32.8 Å². The summed E-state index contributed by atoms with van der Waals surface area (Å²) in [5, 5.41) is 0. The van der Waals surface area contributed by atoms with E-state index in [4.69, 9.17) is 4.74 Å². The van der Waals surface area contributed by atoms with E-state index in [1.807, 2.05) is 24.8 Å². The summed E-state index contributed by atoms with van der Waals surface area (Å²) in [4.78, 5) is 15.1. The quantitative estimate of drug-likeness (QED) is 0.848. The van der Waals surface area contributed by atoms with Crippen LogP contribution in [-0.4, -0.2) is 36.6 Å². The Labute approximate surface area is 120 Å². The van der Waals surface area contributed by atoms with Crippen LogP contribution in [0, 0.1) is 6.92 Å². The molecular weight excluding hydrogens is 314 g/mol. The van der Waals surface area contributed by atoms with Crippen LogP contribution >= 0.6 is 27.3 Å². The Morgan fingerprint density at radius 1 is 1.67 bits per heavy atom. The van der Waals surface area contributed by atoms with Crippen molar-refractivity contribution in [3.63, 3.8) is 0 Å². The molecule has 1 aliphatic heterocycles. The van der Waals surface area contributed by atoms with E-state index in [0.29, 0.717) is 0 Å². The zero-order chi connectivity index (χ0) is 13.1. The maximum Gasteiger partial charge on any atom is 0.264 e. The molecule has 0 N–H and O–H groups in total. The van der Waals surface area contributed by atoms with Gasteiger partial charge in [0.15, 0.2) is 0 Å². The lowest BCUT2D eigenvalue weighted by molar-refractivity contribution is 0.00742. The fourth-order valence-electron chi connectivity index (χ4n) is 2.22. The summed E-state index contributed by atoms with van der Waals surface area (Å²) in [5.41, 5.74) is 1.13. The van der Waals surface area contributed by atoms with Crippen molar-refractivity contribution in [1.29, 1.82) is 0 Å². The molecule has 2 heterocycles. The summed E-state index contributed by atoms with van der Waals surface area (Å²) in [5.74, 6) is 0.137. The van der Waals surface area contributed by atoms with Crippen LogP contribution in [-0.2, 0) is 4.74 Å². The zero-order valence-electron chi connectivity index (χ0n) is 10.7. The number of halogens is 1. The number of nitrogens with zero attached hydrogens (tertiary/aromatic N) is 1. The molecule has 0 aromatic carbocycles. The monoisotopic (exact) mass is 331 g/mol. The number of piperidine rings is 1. The number of aryl methyl sites for hydroxylation is 1. The van der Waals surface area contributed by atoms with Crippen LogP contribution in [0.4, 0.5) is 0 Å². The molecule has 18 heavy (non-hydrogen) atoms. The molecule has 100 valence electrons. The third kappa shape index (κ3) is 3.13. The van der Waals surface area contributed by atoms with E-state index >= 15 is 0 Å². The van der Waals surface area contributed by atoms with Crippen LogP contribution in [0.15, 0.2) is 9.85 Å². The summed E-state index contributed by atoms with van der Waals surface area (Å²) in [6.45, 7) is 6.30. The van der Waals surface area contributed by atoms with Crippen molar-refractivity contribution in [2.24, 2.45) is 0 Å². The van der Waals surface area contributed by atoms with Gasteiger partial charge >= 0.3 is 0 Å². The van der Waals surface area contributed by atoms with E-state index in [0.717, 1.165) is 46.8 Å². The first-order chi connectivity index (χ1) is 8.61. The van der Waals surface area contributed by atoms with E-state index in [1.165, 1.54) is 11.3 Å². The number of amides is 1. The van der Waals surface area contributed by atoms with E-state index in [-0.39, 0.29) is 12.0 Å². The van der Waals surface area contributed by atoms with Gasteiger partial charge < -0.3 is 9.64 Å². The molecule has 0 aliphatic carbocycles. The second kappa shape index (κ2) is 6.17. The van der Waals surface area contributed by atoms with Crippen molar-refractivity contribution in [1.82, 2.24) is 4.90 Å². The lowest BCUT2D eigenvalue weighted by atomic mass is 10.1. The highest BCUT2D eigenvalue weighted by Gasteiger charge is 2.25. The average molecular weight is 332 g/mol. The molecule has 1 aromatic heterocycles. The Kier molecular flexibility index (Phi) is 4.81. The van der Waals surface area contributed by atoms with Crippen LogP contribution in [0.2, 0.25) is 0 Å². The lowest BCUT2D eigenvalue weighted by Crippen LogP contribution is -2.43. The normalized spacial score (nSPS) is 20.2. The van der Waals surface area contributed by atoms with Crippen LogP contribution in [0.5, 0.6) is 0 Å². The first kappa shape index (κ1) is 14.0. The zero-order valence-corrected chi connectivity index (χ0v) is 13.1. The van der Waals surface area contributed by atoms with E-state index in [2.05, 4.69) is 15.9 Å². The Balaban J connectivity index is 2.04. The minimum absolute atomic E-state index is 0.137. The summed E-state index contributed by atoms with van der Waals surface area (Å²) in [7, 11) is 0. The van der Waals surface area contributed by atoms with Crippen molar-refractivity contribution >= 4 is 33.2 Å². The summed E-state index contributed by atoms with van der Waals surface area (Å²) in [6.07, 6.45) is 2.30. The Morgan fingerprint density at radius 2 is 2.44 bits per heavy atom. The van der Waals surface area contributed by atoms with E-state index < -0.39 is 0 Å². The smallest absolute Gasteiger partial charge is 0.264 e. The number of ether oxygens (including phenoxy) is 1. The molecule has 1 aromatic rings. The van der Waals surface area contributed by atoms with Crippen LogP contribution in [0.25, 0.3) is 0 Å². The van der Waals surface area contributed by atoms with Gasteiger partial charge in [-0.05, 0) is 54.2 Å². The minimum Gasteiger partial charge on any atom is -0.377 e. The second-order valence-electron chi connectivity index (χ2n) is 4.54. The minimum atomic E-state index is 0.137. The highest BCUT2D eigenvalue weighted by molar-refractivity contribution is 9.11. The first-order valence-electron chi connectivity index (χ1n) is 6.28. The van der Waals surface area contributed by atoms with Gasteiger partial charge in [-0.25, -0.2) is 0 Å². The highest BCUT2D eigenvalue weighted by Crippen LogP contribution is 2.29. The third-order valence-corrected chi connectivity index (χ3v) is 5.26. The third-order valence-electron chi connectivity index (χ3n) is 3.14. The molecule has 0 radical (unpaired) electrons. The molecular formula is C13H18BrNO2S. The molecule has 5 heteroatoms. The molecule has 0 bridgehead atoms. The van der Waals surface area contributed by atoms with E-state index in [9.17, 15) is 4.79 Å². The predicted octanol–water partition coefficient (Wildman–Crippen LogP) is 3.46. The van der Waals surface area contributed by atoms with Crippen molar-refractivity contribution in [3.05, 3.63) is 20.3 Å². The Hall–Kier alpha value is -0.390. The van der Waals surface area contributed by atoms with Crippen LogP contribution in [0.1, 0.15) is 35.0 Å². The number of carbonyl (C=O) groups excluding carboxylic acids is 1. The second-order valence-corrected chi connectivity index (χ2v) is 6.91. The standard InChI is InChI=1S/C13H18BrNO2S/c1-3-17-10-5-4-6-15(8-10)13(16)11-7-9(2)12(14)18-11/h7,10H,3-6,8H2,1-2H3. The van der Waals surface area contributed by atoms with E-state index in [1.54, 1.807) is 0 Å². The SMILES string of the molecule is CCOC1CCCN(C(=O)c2cc(C)c(Br)s2)C1. The molecule has 1 aliphatic rings. The van der Waals surface area contributed by atoms with Gasteiger partial charge in [0.1, 0.15) is 0 Å². The number of rotatable bonds is 3. The average Bonchev–Trinajstić information content (AvgIpc) is 2.69. The fraction of sp³-hybridized carbons (Fsp3) is 0.615. The van der Waals surface area contributed by atoms with Gasteiger partial charge in [-0.15, -0.1) is 11.3 Å².